The molecule has 0 bridgehead atoms. The monoisotopic (exact) mass is 666 g/mol. The van der Waals surface area contributed by atoms with E-state index in [0.29, 0.717) is 35.8 Å². The number of nitro benzene ring substituents is 1. The standard InChI is InChI=1S/C30H23IN2O6S/c1-2-38-26-15-20(14-25(31)28(26)39-18-22-10-6-9-21-8-3-4-12-24(21)22)16-27-29(34)32(30(35)40-27)17-19-7-5-11-23(13-19)33(36)37/h3-16H,2,17-18H2,1H3/b27-16+. The molecule has 1 saturated heterocycles. The van der Waals surface area contributed by atoms with Crippen LogP contribution in [0, 0.1) is 13.7 Å². The van der Waals surface area contributed by atoms with Crippen LogP contribution in [0.25, 0.3) is 16.8 Å². The SMILES string of the molecule is CCOc1cc(/C=C2/SC(=O)N(Cc3cccc([N+](=O)[O-])c3)C2=O)cc(I)c1OCc1cccc2ccccc12. The van der Waals surface area contributed by atoms with Crippen LogP contribution in [0.2, 0.25) is 0 Å². The van der Waals surface area contributed by atoms with Gasteiger partial charge in [0.2, 0.25) is 0 Å². The Balaban J connectivity index is 1.37. The minimum absolute atomic E-state index is 0.0492. The molecule has 0 unspecified atom stereocenters. The third-order valence-corrected chi connectivity index (χ3v) is 7.93. The van der Waals surface area contributed by atoms with Gasteiger partial charge in [0.25, 0.3) is 16.8 Å². The number of nitro groups is 1. The summed E-state index contributed by atoms with van der Waals surface area (Å²) in [4.78, 5) is 37.7. The van der Waals surface area contributed by atoms with Crippen molar-refractivity contribution >= 4 is 68.0 Å². The molecule has 8 nitrogen and oxygen atoms in total. The number of thioether (sulfide) groups is 1. The van der Waals surface area contributed by atoms with Crippen LogP contribution in [0.3, 0.4) is 0 Å². The van der Waals surface area contributed by atoms with Crippen LogP contribution < -0.4 is 9.47 Å². The summed E-state index contributed by atoms with van der Waals surface area (Å²) >= 11 is 3.01. The van der Waals surface area contributed by atoms with E-state index in [1.807, 2.05) is 37.3 Å². The minimum Gasteiger partial charge on any atom is -0.490 e. The lowest BCUT2D eigenvalue weighted by Gasteiger charge is -2.16. The van der Waals surface area contributed by atoms with E-state index in [-0.39, 0.29) is 17.1 Å². The molecular formula is C30H23IN2O6S. The number of non-ortho nitro benzene ring substituents is 1. The maximum Gasteiger partial charge on any atom is 0.293 e. The Morgan fingerprint density at radius 2 is 1.77 bits per heavy atom. The Hall–Kier alpha value is -3.90. The molecule has 4 aromatic carbocycles. The Bertz CT molecular complexity index is 1670. The van der Waals surface area contributed by atoms with Gasteiger partial charge in [0.1, 0.15) is 6.61 Å². The van der Waals surface area contributed by atoms with Gasteiger partial charge in [0, 0.05) is 12.1 Å². The van der Waals surface area contributed by atoms with Crippen molar-refractivity contribution in [3.63, 3.8) is 0 Å². The van der Waals surface area contributed by atoms with Gasteiger partial charge in [-0.15, -0.1) is 0 Å². The van der Waals surface area contributed by atoms with Gasteiger partial charge in [0.05, 0.1) is 26.6 Å². The van der Waals surface area contributed by atoms with Crippen LogP contribution >= 0.6 is 34.4 Å². The van der Waals surface area contributed by atoms with Gasteiger partial charge in [-0.3, -0.25) is 24.6 Å². The molecule has 0 spiro atoms. The summed E-state index contributed by atoms with van der Waals surface area (Å²) in [7, 11) is 0. The molecule has 40 heavy (non-hydrogen) atoms. The fourth-order valence-electron chi connectivity index (χ4n) is 4.38. The van der Waals surface area contributed by atoms with E-state index in [2.05, 4.69) is 40.8 Å². The highest BCUT2D eigenvalue weighted by Crippen LogP contribution is 2.38. The number of benzene rings is 4. The summed E-state index contributed by atoms with van der Waals surface area (Å²) in [6.07, 6.45) is 1.65. The molecular weight excluding hydrogens is 643 g/mol. The zero-order valence-corrected chi connectivity index (χ0v) is 24.3. The molecule has 1 fully saturated rings. The van der Waals surface area contributed by atoms with Gasteiger partial charge in [0.15, 0.2) is 11.5 Å². The summed E-state index contributed by atoms with van der Waals surface area (Å²) in [6.45, 7) is 2.61. The quantitative estimate of drug-likeness (QED) is 0.0787. The topological polar surface area (TPSA) is 99.0 Å². The van der Waals surface area contributed by atoms with E-state index < -0.39 is 16.1 Å². The van der Waals surface area contributed by atoms with Crippen molar-refractivity contribution in [3.05, 3.63) is 114 Å². The maximum absolute atomic E-state index is 13.1. The molecule has 0 atom stereocenters. The van der Waals surface area contributed by atoms with Gasteiger partial charge in [-0.1, -0.05) is 54.6 Å². The predicted octanol–water partition coefficient (Wildman–Crippen LogP) is 7.57. The number of nitrogens with zero attached hydrogens (tertiary/aromatic N) is 2. The van der Waals surface area contributed by atoms with Gasteiger partial charge >= 0.3 is 0 Å². The van der Waals surface area contributed by atoms with E-state index in [1.54, 1.807) is 18.2 Å². The second kappa shape index (κ2) is 12.1. The van der Waals surface area contributed by atoms with Crippen LogP contribution in [0.15, 0.2) is 83.8 Å². The number of carbonyl (C=O) groups excluding carboxylic acids is 2. The third-order valence-electron chi connectivity index (χ3n) is 6.22. The number of hydrogen-bond acceptors (Lipinski definition) is 7. The summed E-state index contributed by atoms with van der Waals surface area (Å²) in [5.41, 5.74) is 2.14. The lowest BCUT2D eigenvalue weighted by atomic mass is 10.1. The lowest BCUT2D eigenvalue weighted by molar-refractivity contribution is -0.384. The van der Waals surface area contributed by atoms with Crippen LogP contribution in [-0.2, 0) is 17.9 Å². The zero-order valence-electron chi connectivity index (χ0n) is 21.3. The first-order chi connectivity index (χ1) is 19.3. The van der Waals surface area contributed by atoms with Crippen LogP contribution in [0.4, 0.5) is 10.5 Å². The van der Waals surface area contributed by atoms with Gasteiger partial charge in [-0.2, -0.15) is 0 Å². The molecule has 0 saturated carbocycles. The number of ether oxygens (including phenoxy) is 2. The molecule has 1 aliphatic rings. The number of imide groups is 1. The number of amides is 2. The first-order valence-corrected chi connectivity index (χ1v) is 14.3. The molecule has 0 N–H and O–H groups in total. The predicted molar refractivity (Wildman–Crippen MR) is 163 cm³/mol. The van der Waals surface area contributed by atoms with E-state index >= 15 is 0 Å². The second-order valence-electron chi connectivity index (χ2n) is 8.88. The average molecular weight is 666 g/mol. The fraction of sp³-hybridized carbons (Fsp3) is 0.133. The number of carbonyl (C=O) groups is 2. The van der Waals surface area contributed by atoms with Crippen LogP contribution in [-0.4, -0.2) is 27.6 Å². The van der Waals surface area contributed by atoms with Gasteiger partial charge in [-0.05, 0) is 86.9 Å². The van der Waals surface area contributed by atoms with E-state index in [0.717, 1.165) is 36.6 Å². The molecule has 1 heterocycles. The van der Waals surface area contributed by atoms with Gasteiger partial charge in [-0.25, -0.2) is 0 Å². The fourth-order valence-corrected chi connectivity index (χ4v) is 6.00. The highest BCUT2D eigenvalue weighted by atomic mass is 127. The van der Waals surface area contributed by atoms with Gasteiger partial charge < -0.3 is 9.47 Å². The lowest BCUT2D eigenvalue weighted by Crippen LogP contribution is -2.27. The highest BCUT2D eigenvalue weighted by molar-refractivity contribution is 14.1. The Labute approximate surface area is 248 Å². The molecule has 0 aliphatic carbocycles. The number of fused-ring (bicyclic) bond motifs is 1. The molecule has 1 aliphatic heterocycles. The molecule has 10 heteroatoms. The van der Waals surface area contributed by atoms with E-state index in [9.17, 15) is 19.7 Å². The molecule has 5 rings (SSSR count). The summed E-state index contributed by atoms with van der Waals surface area (Å²) in [5, 5.41) is 12.9. The molecule has 2 amide bonds. The highest BCUT2D eigenvalue weighted by Gasteiger charge is 2.35. The molecule has 0 radical (unpaired) electrons. The van der Waals surface area contributed by atoms with Crippen LogP contribution in [0.1, 0.15) is 23.6 Å². The van der Waals surface area contributed by atoms with Crippen molar-refractivity contribution in [2.45, 2.75) is 20.1 Å². The molecule has 4 aromatic rings. The van der Waals surface area contributed by atoms with Crippen molar-refractivity contribution in [1.82, 2.24) is 4.90 Å². The summed E-state index contributed by atoms with van der Waals surface area (Å²) in [6, 6.07) is 23.8. The largest absolute Gasteiger partial charge is 0.490 e. The smallest absolute Gasteiger partial charge is 0.293 e. The first-order valence-electron chi connectivity index (χ1n) is 12.4. The van der Waals surface area contributed by atoms with E-state index in [1.165, 1.54) is 18.2 Å². The second-order valence-corrected chi connectivity index (χ2v) is 11.0. The minimum atomic E-state index is -0.510. The Morgan fingerprint density at radius 1 is 1.00 bits per heavy atom. The third kappa shape index (κ3) is 5.97. The van der Waals surface area contributed by atoms with E-state index in [4.69, 9.17) is 9.47 Å². The van der Waals surface area contributed by atoms with Crippen molar-refractivity contribution < 1.29 is 24.0 Å². The number of hydrogen-bond donors (Lipinski definition) is 0. The Morgan fingerprint density at radius 3 is 2.58 bits per heavy atom. The number of halogens is 1. The average Bonchev–Trinajstić information content (AvgIpc) is 3.20. The van der Waals surface area contributed by atoms with Crippen molar-refractivity contribution in [2.24, 2.45) is 0 Å². The maximum atomic E-state index is 13.1. The van der Waals surface area contributed by atoms with Crippen molar-refractivity contribution in [3.8, 4) is 11.5 Å². The first kappa shape index (κ1) is 27.7. The Kier molecular flexibility index (Phi) is 8.36. The summed E-state index contributed by atoms with van der Waals surface area (Å²) < 4.78 is 12.9. The molecule has 0 aromatic heterocycles. The van der Waals surface area contributed by atoms with Crippen molar-refractivity contribution in [2.75, 3.05) is 6.61 Å². The normalized spacial score (nSPS) is 14.2. The van der Waals surface area contributed by atoms with Crippen LogP contribution in [0.5, 0.6) is 11.5 Å². The zero-order chi connectivity index (χ0) is 28.2. The molecule has 202 valence electrons. The number of rotatable bonds is 9. The van der Waals surface area contributed by atoms with Crippen molar-refractivity contribution in [1.29, 1.82) is 0 Å². The summed E-state index contributed by atoms with van der Waals surface area (Å²) in [5.74, 6) is 0.689.